The average molecular weight is 242 g/mol. The molecule has 0 saturated carbocycles. The number of nitrogens with zero attached hydrogens (tertiary/aromatic N) is 1. The van der Waals surface area contributed by atoms with Gasteiger partial charge in [-0.3, -0.25) is 0 Å². The highest BCUT2D eigenvalue weighted by Gasteiger charge is 2.18. The van der Waals surface area contributed by atoms with Gasteiger partial charge < -0.3 is 15.6 Å². The number of carbonyl (C=O) groups is 1. The molecule has 1 aromatic rings. The Balaban J connectivity index is 3.35. The highest BCUT2D eigenvalue weighted by Crippen LogP contribution is 2.23. The van der Waals surface area contributed by atoms with Crippen molar-refractivity contribution in [3.05, 3.63) is 28.8 Å². The Bertz CT molecular complexity index is 483. The number of benzene rings is 1. The zero-order chi connectivity index (χ0) is 13.0. The Hall–Kier alpha value is -2.20. The maximum atomic E-state index is 12.0. The van der Waals surface area contributed by atoms with E-state index in [4.69, 9.17) is 16.1 Å². The fraction of sp³-hybridized carbons (Fsp3) is 0.200. The number of carboxylic acid groups (broad SMARTS) is 1. The number of hydrogen-bond donors (Lipinski definition) is 2. The van der Waals surface area contributed by atoms with Gasteiger partial charge in [-0.15, -0.1) is 0 Å². The van der Waals surface area contributed by atoms with Crippen LogP contribution in [-0.4, -0.2) is 17.7 Å². The molecule has 0 aromatic heterocycles. The maximum absolute atomic E-state index is 12.0. The van der Waals surface area contributed by atoms with E-state index in [0.29, 0.717) is 0 Å². The fourth-order valence-corrected chi connectivity index (χ4v) is 1.35. The molecule has 0 saturated heterocycles. The van der Waals surface area contributed by atoms with E-state index >= 15 is 0 Å². The standard InChI is InChI=1S/C10H8F2N2O3/c11-10(12)17-7-1-5(3-13)8(9(15)16)6(2-7)4-14/h1-2,10H,3,13H2,(H,15,16). The van der Waals surface area contributed by atoms with E-state index in [1.165, 1.54) is 0 Å². The van der Waals surface area contributed by atoms with Gasteiger partial charge in [0.05, 0.1) is 11.1 Å². The van der Waals surface area contributed by atoms with Gasteiger partial charge >= 0.3 is 12.6 Å². The summed E-state index contributed by atoms with van der Waals surface area (Å²) in [6.45, 7) is -3.25. The molecule has 5 nitrogen and oxygen atoms in total. The first-order valence-electron chi connectivity index (χ1n) is 4.44. The Labute approximate surface area is 95.0 Å². The number of halogens is 2. The molecule has 0 fully saturated rings. The molecule has 0 radical (unpaired) electrons. The third kappa shape index (κ3) is 2.89. The second-order valence-electron chi connectivity index (χ2n) is 3.00. The van der Waals surface area contributed by atoms with E-state index in [1.54, 1.807) is 6.07 Å². The molecule has 0 heterocycles. The van der Waals surface area contributed by atoms with E-state index in [2.05, 4.69) is 4.74 Å². The minimum Gasteiger partial charge on any atom is -0.478 e. The molecular formula is C10H8F2N2O3. The van der Waals surface area contributed by atoms with E-state index in [1.807, 2.05) is 0 Å². The molecule has 0 aliphatic carbocycles. The van der Waals surface area contributed by atoms with Crippen LogP contribution in [0.2, 0.25) is 0 Å². The zero-order valence-electron chi connectivity index (χ0n) is 8.48. The van der Waals surface area contributed by atoms with Crippen molar-refractivity contribution in [3.63, 3.8) is 0 Å². The van der Waals surface area contributed by atoms with Gasteiger partial charge in [0.2, 0.25) is 0 Å². The number of ether oxygens (including phenoxy) is 1. The zero-order valence-corrected chi connectivity index (χ0v) is 8.48. The SMILES string of the molecule is N#Cc1cc(OC(F)F)cc(CN)c1C(=O)O. The van der Waals surface area contributed by atoms with Crippen molar-refractivity contribution in [2.24, 2.45) is 5.73 Å². The van der Waals surface area contributed by atoms with E-state index in [9.17, 15) is 13.6 Å². The average Bonchev–Trinajstić information content (AvgIpc) is 2.26. The van der Waals surface area contributed by atoms with Gasteiger partial charge in [-0.25, -0.2) is 4.79 Å². The van der Waals surface area contributed by atoms with Crippen LogP contribution in [0.4, 0.5) is 8.78 Å². The fourth-order valence-electron chi connectivity index (χ4n) is 1.35. The maximum Gasteiger partial charge on any atom is 0.387 e. The molecule has 0 atom stereocenters. The first kappa shape index (κ1) is 12.9. The van der Waals surface area contributed by atoms with Gasteiger partial charge in [-0.2, -0.15) is 14.0 Å². The molecular weight excluding hydrogens is 234 g/mol. The van der Waals surface area contributed by atoms with Crippen molar-refractivity contribution >= 4 is 5.97 Å². The topological polar surface area (TPSA) is 96.3 Å². The lowest BCUT2D eigenvalue weighted by Crippen LogP contribution is -2.11. The molecule has 0 unspecified atom stereocenters. The Morgan fingerprint density at radius 3 is 2.65 bits per heavy atom. The molecule has 0 aliphatic heterocycles. The second-order valence-corrected chi connectivity index (χ2v) is 3.00. The Kier molecular flexibility index (Phi) is 3.96. The summed E-state index contributed by atoms with van der Waals surface area (Å²) in [6, 6.07) is 3.62. The van der Waals surface area contributed by atoms with Gasteiger partial charge in [-0.05, 0) is 17.7 Å². The lowest BCUT2D eigenvalue weighted by molar-refractivity contribution is -0.0498. The molecule has 7 heteroatoms. The van der Waals surface area contributed by atoms with Crippen LogP contribution in [-0.2, 0) is 6.54 Å². The van der Waals surface area contributed by atoms with Crippen LogP contribution >= 0.6 is 0 Å². The molecule has 3 N–H and O–H groups in total. The summed E-state index contributed by atoms with van der Waals surface area (Å²) in [5.74, 6) is -1.63. The highest BCUT2D eigenvalue weighted by molar-refractivity contribution is 5.92. The van der Waals surface area contributed by atoms with Crippen molar-refractivity contribution in [2.75, 3.05) is 0 Å². The van der Waals surface area contributed by atoms with Crippen LogP contribution in [0.15, 0.2) is 12.1 Å². The number of hydrogen-bond acceptors (Lipinski definition) is 4. The second kappa shape index (κ2) is 5.23. The summed E-state index contributed by atoms with van der Waals surface area (Å²) >= 11 is 0. The smallest absolute Gasteiger partial charge is 0.387 e. The third-order valence-electron chi connectivity index (χ3n) is 1.97. The Morgan fingerprint density at radius 1 is 1.59 bits per heavy atom. The Morgan fingerprint density at radius 2 is 2.24 bits per heavy atom. The number of nitriles is 1. The van der Waals surface area contributed by atoms with Crippen molar-refractivity contribution < 1.29 is 23.4 Å². The van der Waals surface area contributed by atoms with Crippen molar-refractivity contribution in [3.8, 4) is 11.8 Å². The number of carboxylic acids is 1. The van der Waals surface area contributed by atoms with Gasteiger partial charge in [0.25, 0.3) is 0 Å². The molecule has 0 aliphatic rings. The quantitative estimate of drug-likeness (QED) is 0.829. The first-order chi connectivity index (χ1) is 7.99. The molecule has 1 rings (SSSR count). The van der Waals surface area contributed by atoms with E-state index < -0.39 is 12.6 Å². The minimum absolute atomic E-state index is 0.0622. The number of rotatable bonds is 4. The van der Waals surface area contributed by atoms with Gasteiger partial charge in [0.15, 0.2) is 0 Å². The van der Waals surface area contributed by atoms with Crippen LogP contribution in [0, 0.1) is 11.3 Å². The molecule has 90 valence electrons. The summed E-state index contributed by atoms with van der Waals surface area (Å²) in [5.41, 5.74) is 4.80. The van der Waals surface area contributed by atoms with Gasteiger partial charge in [0, 0.05) is 6.54 Å². The van der Waals surface area contributed by atoms with Crippen LogP contribution in [0.3, 0.4) is 0 Å². The van der Waals surface area contributed by atoms with Crippen molar-refractivity contribution in [1.82, 2.24) is 0 Å². The number of nitrogens with two attached hydrogens (primary N) is 1. The molecule has 0 bridgehead atoms. The van der Waals surface area contributed by atoms with Crippen LogP contribution in [0.5, 0.6) is 5.75 Å². The lowest BCUT2D eigenvalue weighted by Gasteiger charge is -2.10. The molecule has 0 spiro atoms. The minimum atomic E-state index is -3.05. The van der Waals surface area contributed by atoms with Gasteiger partial charge in [-0.1, -0.05) is 0 Å². The van der Waals surface area contributed by atoms with Crippen LogP contribution in [0.25, 0.3) is 0 Å². The summed E-state index contributed by atoms with van der Waals surface area (Å²) < 4.78 is 28.1. The summed E-state index contributed by atoms with van der Waals surface area (Å²) in [5, 5.41) is 17.6. The van der Waals surface area contributed by atoms with Crippen molar-refractivity contribution in [1.29, 1.82) is 5.26 Å². The van der Waals surface area contributed by atoms with Crippen LogP contribution < -0.4 is 10.5 Å². The van der Waals surface area contributed by atoms with E-state index in [-0.39, 0.29) is 29.0 Å². The molecule has 17 heavy (non-hydrogen) atoms. The van der Waals surface area contributed by atoms with Crippen LogP contribution in [0.1, 0.15) is 21.5 Å². The van der Waals surface area contributed by atoms with Crippen molar-refractivity contribution in [2.45, 2.75) is 13.2 Å². The predicted molar refractivity (Wildman–Crippen MR) is 52.6 cm³/mol. The largest absolute Gasteiger partial charge is 0.478 e. The lowest BCUT2D eigenvalue weighted by atomic mass is 10.0. The van der Waals surface area contributed by atoms with E-state index in [0.717, 1.165) is 12.1 Å². The molecule has 1 aromatic carbocycles. The third-order valence-corrected chi connectivity index (χ3v) is 1.97. The number of aromatic carboxylic acids is 1. The summed E-state index contributed by atoms with van der Waals surface area (Å²) in [4.78, 5) is 10.9. The predicted octanol–water partition coefficient (Wildman–Crippen LogP) is 1.32. The normalized spacial score (nSPS) is 10.1. The summed E-state index contributed by atoms with van der Waals surface area (Å²) in [7, 11) is 0. The number of alkyl halides is 2. The van der Waals surface area contributed by atoms with Gasteiger partial charge in [0.1, 0.15) is 11.8 Å². The molecule has 0 amide bonds. The monoisotopic (exact) mass is 242 g/mol. The first-order valence-corrected chi connectivity index (χ1v) is 4.44. The summed E-state index contributed by atoms with van der Waals surface area (Å²) in [6.07, 6.45) is 0. The highest BCUT2D eigenvalue weighted by atomic mass is 19.3.